The van der Waals surface area contributed by atoms with Gasteiger partial charge in [-0.3, -0.25) is 0 Å². The Morgan fingerprint density at radius 1 is 0.210 bits per heavy atom. The number of rotatable bonds is 0. The Morgan fingerprint density at radius 2 is 0.380 bits per heavy atom. The van der Waals surface area contributed by atoms with Crippen LogP contribution >= 0.6 is 128 Å². The van der Waals surface area contributed by atoms with Crippen LogP contribution in [0.2, 0.25) is 0 Å². The third-order valence-electron chi connectivity index (χ3n) is 12.7. The van der Waals surface area contributed by atoms with E-state index in [2.05, 4.69) is 92.8 Å². The quantitative estimate of drug-likeness (QED) is 0.129. The summed E-state index contributed by atoms with van der Waals surface area (Å²) < 4.78 is 0. The van der Waals surface area contributed by atoms with Gasteiger partial charge in [-0.2, -0.15) is 0 Å². The van der Waals surface area contributed by atoms with Crippen molar-refractivity contribution in [1.29, 1.82) is 0 Å². The van der Waals surface area contributed by atoms with E-state index in [0.717, 1.165) is 151 Å². The van der Waals surface area contributed by atoms with Crippen molar-refractivity contribution in [2.75, 3.05) is 0 Å². The minimum Gasteiger partial charge on any atom is -0.357 e. The normalized spacial score (nSPS) is 11.2. The molecule has 4 aliphatic rings. The number of aromatic nitrogens is 16. The molecule has 0 aliphatic carbocycles. The molecule has 0 aromatic carbocycles. The van der Waals surface area contributed by atoms with Crippen LogP contribution < -0.4 is 19.9 Å². The molecule has 0 atom stereocenters. The van der Waals surface area contributed by atoms with Crippen molar-refractivity contribution in [2.45, 2.75) is 128 Å². The number of hydrogen-bond acceptors (Lipinski definition) is 12. The third kappa shape index (κ3) is 18.3. The topological polar surface area (TPSA) is 211 Å². The van der Waals surface area contributed by atoms with Crippen LogP contribution in [0.15, 0.2) is 92.8 Å². The second kappa shape index (κ2) is 43.1. The predicted octanol–water partition coefficient (Wildman–Crippen LogP) is 31.5. The Labute approximate surface area is 634 Å². The summed E-state index contributed by atoms with van der Waals surface area (Å²) in [5.74, 6) is 39.7. The maximum absolute atomic E-state index is 5.05. The number of nitrogens with zero attached hydrogens (tertiary/aromatic N) is 16. The van der Waals surface area contributed by atoms with Gasteiger partial charge < -0.3 is 59.8 Å². The van der Waals surface area contributed by atoms with Gasteiger partial charge in [0, 0.05) is 131 Å². The molecule has 14 aromatic rings. The van der Waals surface area contributed by atoms with Crippen molar-refractivity contribution in [3.05, 3.63) is 92.8 Å². The molecule has 0 saturated carbocycles. The molecular weight excluding hydrogens is 1640 g/mol. The molecule has 4 aliphatic heterocycles. The molecule has 0 N–H and O–H groups in total. The molecule has 0 spiro atoms. The van der Waals surface area contributed by atoms with Gasteiger partial charge in [-0.1, -0.05) is 193 Å². The molecule has 0 amide bonds. The van der Waals surface area contributed by atoms with Crippen LogP contribution in [0.1, 0.15) is 128 Å². The molecule has 0 fully saturated rings. The summed E-state index contributed by atoms with van der Waals surface area (Å²) in [6.45, 7) is 24.0. The van der Waals surface area contributed by atoms with Gasteiger partial charge in [0.2, 0.25) is 0 Å². The summed E-state index contributed by atoms with van der Waals surface area (Å²) in [5.41, 5.74) is 9.16. The van der Waals surface area contributed by atoms with Crippen molar-refractivity contribution >= 4 is 216 Å². The van der Waals surface area contributed by atoms with E-state index in [1.807, 2.05) is 83.1 Å². The third-order valence-corrected chi connectivity index (χ3v) is 30.1. The summed E-state index contributed by atoms with van der Waals surface area (Å²) in [4.78, 5) is 79.9. The van der Waals surface area contributed by atoms with Crippen molar-refractivity contribution in [3.63, 3.8) is 0 Å². The SMILES string of the molecule is C.C.C.C.C.C.CC.CC.CC.CC.CC.CC.[Cu+2].[Cu+2].c1cpc2c(p1)-c1nc-2nc2[n-]c(nc3nc(nc4[n-]c(n1)c1pccpc41)-c1pccpc1-3)c1pccpc21.c1ppcc2c1-c1nc-2nc2[n-]c(nc3nc(nc4[n-]c(n1)c1cppcc41)-c1cppcc1-3)c1cppcc21. The Balaban J connectivity index is 0.000000424. The van der Waals surface area contributed by atoms with Crippen LogP contribution in [0.3, 0.4) is 0 Å². The van der Waals surface area contributed by atoms with E-state index in [-0.39, 0.29) is 78.7 Å². The standard InChI is InChI=1S/2C24H8N8P8.6C2H6.6CH4.2Cu/c1-9-10(2-34-33-1)18-25-17(9)29-19-11-3-35-36-4-12(11)21(26-19)31-23-15-7-39-40-8-16(15)24(28-23)32-22-14-6-38-37-5-13(14)20(27-22)30-18;1-2-34-10-9(33-1)17-25-18(10)30-20-13-14(38-6-5-37-13)22(27-20)32-24-16-15(39-7-8-40-16)23(28-24)31-21-12-11(19(26-21)29-17)35-3-4-36-12;6*1-2;;;;;;;;/h2*1-8H;6*1-2H3;6*1H4;;/q2*-2;;;;;;;;;;;;;2*+2. The minimum atomic E-state index is 0. The molecule has 18 rings (SSSR count). The number of hydrogen-bond donors (Lipinski definition) is 0. The van der Waals surface area contributed by atoms with Gasteiger partial charge in [0.1, 0.15) is 0 Å². The summed E-state index contributed by atoms with van der Waals surface area (Å²) in [5, 5.41) is 12.6. The molecule has 0 unspecified atom stereocenters. The maximum Gasteiger partial charge on any atom is 2.00 e. The first-order chi connectivity index (χ1) is 45.6. The fourth-order valence-electron chi connectivity index (χ4n) is 9.19. The number of fused-ring (bicyclic) bond motifs is 40. The van der Waals surface area contributed by atoms with Gasteiger partial charge in [0.15, 0.2) is 0 Å². The molecule has 34 heteroatoms. The van der Waals surface area contributed by atoms with Crippen LogP contribution in [0.4, 0.5) is 0 Å². The summed E-state index contributed by atoms with van der Waals surface area (Å²) in [7, 11) is 17.9. The largest absolute Gasteiger partial charge is 2.00 e. The summed E-state index contributed by atoms with van der Waals surface area (Å²) in [6.07, 6.45) is 0. The fraction of sp³-hybridized carbons (Fsp3) is 0.273. The zero-order valence-corrected chi connectivity index (χ0v) is 68.3. The van der Waals surface area contributed by atoms with Crippen molar-refractivity contribution in [2.24, 2.45) is 0 Å². The first kappa shape index (κ1) is 90.6. The molecule has 522 valence electrons. The molecule has 2 radical (unpaired) electrons. The fourth-order valence-corrected chi connectivity index (χ4v) is 25.3. The Hall–Kier alpha value is -3.60. The van der Waals surface area contributed by atoms with Crippen molar-refractivity contribution < 1.29 is 34.1 Å². The van der Waals surface area contributed by atoms with Gasteiger partial charge in [-0.05, 0) is 156 Å². The van der Waals surface area contributed by atoms with E-state index in [1.54, 1.807) is 0 Å². The van der Waals surface area contributed by atoms with Crippen LogP contribution in [0.25, 0.3) is 177 Å². The van der Waals surface area contributed by atoms with Crippen molar-refractivity contribution in [1.82, 2.24) is 79.7 Å². The zero-order valence-electron chi connectivity index (χ0n) is 52.2. The van der Waals surface area contributed by atoms with Gasteiger partial charge in [0.25, 0.3) is 0 Å². The molecule has 0 saturated heterocycles. The second-order valence-electron chi connectivity index (χ2n) is 17.2. The molecule has 18 heterocycles. The Bertz CT molecular complexity index is 4460. The van der Waals surface area contributed by atoms with E-state index in [0.29, 0.717) is 91.8 Å². The Kier molecular flexibility index (Phi) is 39.1. The monoisotopic (exact) mass is 1710 g/mol. The summed E-state index contributed by atoms with van der Waals surface area (Å²) >= 11 is 0. The predicted molar refractivity (Wildman–Crippen MR) is 457 cm³/mol. The van der Waals surface area contributed by atoms with Crippen LogP contribution in [0.5, 0.6) is 0 Å². The minimum absolute atomic E-state index is 0. The Morgan fingerprint density at radius 3 is 0.600 bits per heavy atom. The van der Waals surface area contributed by atoms with Crippen molar-refractivity contribution in [3.8, 4) is 90.0 Å². The molecule has 14 aromatic heterocycles. The zero-order chi connectivity index (χ0) is 64.4. The van der Waals surface area contributed by atoms with Crippen LogP contribution in [-0.2, 0) is 34.1 Å². The first-order valence-electron chi connectivity index (χ1n) is 29.5. The van der Waals surface area contributed by atoms with E-state index in [1.165, 1.54) is 63.0 Å². The van der Waals surface area contributed by atoms with Gasteiger partial charge in [-0.25, -0.2) is 19.9 Å². The van der Waals surface area contributed by atoms with Gasteiger partial charge in [-0.15, -0.1) is 0 Å². The van der Waals surface area contributed by atoms with Crippen LogP contribution in [-0.4, -0.2) is 59.8 Å². The molecular formula is C66H76Cu2N16P16. The first-order valence-corrected chi connectivity index (χ1v) is 47.8. The van der Waals surface area contributed by atoms with Gasteiger partial charge >= 0.3 is 34.1 Å². The average Bonchev–Trinajstić information content (AvgIpc) is 1.61. The van der Waals surface area contributed by atoms with E-state index >= 15 is 0 Å². The average molecular weight is 1720 g/mol. The van der Waals surface area contributed by atoms with E-state index < -0.39 is 0 Å². The molecule has 16 nitrogen and oxygen atoms in total. The van der Waals surface area contributed by atoms with E-state index in [4.69, 9.17) is 79.7 Å². The van der Waals surface area contributed by atoms with Gasteiger partial charge in [0.05, 0.1) is 46.6 Å². The molecule has 16 bridgehead atoms. The molecule has 100 heavy (non-hydrogen) atoms. The second-order valence-corrected chi connectivity index (χ2v) is 34.7. The summed E-state index contributed by atoms with van der Waals surface area (Å²) in [6, 6.07) is 0. The maximum atomic E-state index is 5.05. The van der Waals surface area contributed by atoms with Crippen LogP contribution in [0, 0.1) is 0 Å². The van der Waals surface area contributed by atoms with E-state index in [9.17, 15) is 0 Å². The smallest absolute Gasteiger partial charge is 0.357 e.